The van der Waals surface area contributed by atoms with Gasteiger partial charge in [0.05, 0.1) is 26.4 Å². The average Bonchev–Trinajstić information content (AvgIpc) is 3.04. The lowest BCUT2D eigenvalue weighted by molar-refractivity contribution is -0.0445. The Morgan fingerprint density at radius 1 is 0.733 bits per heavy atom. The van der Waals surface area contributed by atoms with Crippen molar-refractivity contribution in [2.24, 2.45) is 23.2 Å². The summed E-state index contributed by atoms with van der Waals surface area (Å²) >= 11 is 0. The van der Waals surface area contributed by atoms with Gasteiger partial charge in [-0.15, -0.1) is 0 Å². The molecule has 0 radical (unpaired) electrons. The summed E-state index contributed by atoms with van der Waals surface area (Å²) < 4.78 is 11.3. The molecule has 1 heterocycles. The first-order chi connectivity index (χ1) is 22.0. The molecule has 0 atom stereocenters. The van der Waals surface area contributed by atoms with E-state index in [0.29, 0.717) is 74.9 Å². The van der Waals surface area contributed by atoms with Crippen LogP contribution in [0.3, 0.4) is 0 Å². The average molecular weight is 614 g/mol. The van der Waals surface area contributed by atoms with Gasteiger partial charge < -0.3 is 30.7 Å². The smallest absolute Gasteiger partial charge is 0.251 e. The number of aryl methyl sites for hydroxylation is 1. The molecule has 0 aliphatic heterocycles. The van der Waals surface area contributed by atoms with E-state index in [1.807, 2.05) is 18.2 Å². The second-order valence-electron chi connectivity index (χ2n) is 13.2. The van der Waals surface area contributed by atoms with Crippen molar-refractivity contribution in [3.8, 4) is 0 Å². The largest absolute Gasteiger partial charge is 0.377 e. The summed E-state index contributed by atoms with van der Waals surface area (Å²) in [7, 11) is 0. The number of rotatable bonds is 17. The van der Waals surface area contributed by atoms with Gasteiger partial charge >= 0.3 is 0 Å². The number of amides is 1. The van der Waals surface area contributed by atoms with Crippen molar-refractivity contribution < 1.29 is 14.3 Å². The van der Waals surface area contributed by atoms with E-state index >= 15 is 0 Å². The minimum Gasteiger partial charge on any atom is -0.377 e. The lowest BCUT2D eigenvalue weighted by Gasteiger charge is -2.56. The number of carbonyl (C=O) groups is 1. The minimum absolute atomic E-state index is 0.0977. The van der Waals surface area contributed by atoms with Crippen LogP contribution in [0.2, 0.25) is 0 Å². The molecule has 4 N–H and O–H groups in total. The number of hydrogen-bond acceptors (Lipinski definition) is 9. The first-order valence-corrected chi connectivity index (χ1v) is 16.5. The summed E-state index contributed by atoms with van der Waals surface area (Å²) in [5.74, 6) is 4.32. The monoisotopic (exact) mass is 613 g/mol. The molecular formula is C35H47N7O3. The van der Waals surface area contributed by atoms with E-state index in [1.165, 1.54) is 49.7 Å². The van der Waals surface area contributed by atoms with Gasteiger partial charge in [0.2, 0.25) is 17.8 Å². The van der Waals surface area contributed by atoms with E-state index < -0.39 is 0 Å². The van der Waals surface area contributed by atoms with Gasteiger partial charge in [-0.2, -0.15) is 15.0 Å². The Morgan fingerprint density at radius 2 is 1.31 bits per heavy atom. The Balaban J connectivity index is 0.946. The van der Waals surface area contributed by atoms with E-state index in [2.05, 4.69) is 57.4 Å². The highest BCUT2D eigenvalue weighted by molar-refractivity contribution is 5.94. The number of ether oxygens (including phenoxy) is 2. The summed E-state index contributed by atoms with van der Waals surface area (Å²) in [6.45, 7) is 6.51. The van der Waals surface area contributed by atoms with Gasteiger partial charge in [0.1, 0.15) is 0 Å². The maximum atomic E-state index is 12.1. The number of carbonyl (C=O) groups excluding carboxylic acids is 1. The first-order valence-electron chi connectivity index (χ1n) is 16.5. The minimum atomic E-state index is -0.0977. The molecule has 45 heavy (non-hydrogen) atoms. The van der Waals surface area contributed by atoms with Crippen molar-refractivity contribution >= 4 is 23.8 Å². The van der Waals surface area contributed by atoms with Crippen LogP contribution in [0.5, 0.6) is 0 Å². The lowest BCUT2D eigenvalue weighted by atomic mass is 9.49. The number of anilines is 3. The van der Waals surface area contributed by atoms with E-state index in [4.69, 9.17) is 19.4 Å². The molecule has 4 aliphatic carbocycles. The summed E-state index contributed by atoms with van der Waals surface area (Å²) in [4.78, 5) is 26.2. The van der Waals surface area contributed by atoms with Crippen molar-refractivity contribution in [1.29, 1.82) is 0 Å². The lowest BCUT2D eigenvalue weighted by Crippen LogP contribution is -2.49. The summed E-state index contributed by atoms with van der Waals surface area (Å²) in [6.07, 6.45) is 8.33. The molecule has 0 unspecified atom stereocenters. The van der Waals surface area contributed by atoms with E-state index in [9.17, 15) is 4.79 Å². The molecule has 240 valence electrons. The third-order valence-electron chi connectivity index (χ3n) is 9.46. The fourth-order valence-electron chi connectivity index (χ4n) is 7.76. The van der Waals surface area contributed by atoms with E-state index in [1.54, 1.807) is 12.1 Å². The van der Waals surface area contributed by atoms with Crippen LogP contribution >= 0.6 is 0 Å². The molecular weight excluding hydrogens is 566 g/mol. The number of aromatic nitrogens is 3. The van der Waals surface area contributed by atoms with Crippen molar-refractivity contribution in [3.05, 3.63) is 71.3 Å². The second kappa shape index (κ2) is 15.0. The van der Waals surface area contributed by atoms with Crippen molar-refractivity contribution in [3.63, 3.8) is 0 Å². The molecule has 4 aliphatic rings. The van der Waals surface area contributed by atoms with Gasteiger partial charge in [-0.25, -0.2) is 0 Å². The van der Waals surface area contributed by atoms with Gasteiger partial charge in [0.15, 0.2) is 0 Å². The third kappa shape index (κ3) is 8.92. The summed E-state index contributed by atoms with van der Waals surface area (Å²) in [6, 6.07) is 17.6. The summed E-state index contributed by atoms with van der Waals surface area (Å²) in [5.41, 5.74) is 3.44. The third-order valence-corrected chi connectivity index (χ3v) is 9.46. The fraction of sp³-hybridized carbons (Fsp3) is 0.543. The molecule has 2 aromatic carbocycles. The maximum Gasteiger partial charge on any atom is 0.251 e. The normalized spacial score (nSPS) is 23.1. The Bertz CT molecular complexity index is 1350. The van der Waals surface area contributed by atoms with Gasteiger partial charge in [0, 0.05) is 31.7 Å². The van der Waals surface area contributed by atoms with Crippen LogP contribution in [0.1, 0.15) is 60.0 Å². The van der Waals surface area contributed by atoms with Crippen LogP contribution in [0.15, 0.2) is 54.6 Å². The van der Waals surface area contributed by atoms with Crippen LogP contribution in [0, 0.1) is 30.1 Å². The van der Waals surface area contributed by atoms with Crippen LogP contribution < -0.4 is 21.3 Å². The molecule has 1 aromatic heterocycles. The molecule has 10 nitrogen and oxygen atoms in total. The standard InChI is InChI=1S/C35H47N7O3/c1-25-7-9-26(10-8-25)23-38-33-40-32(37-12-14-45-16-15-44-13-11-36-31(43)30-5-3-2-4-6-30)41-34(42-33)39-24-35-20-27-17-28(21-35)19-29(18-27)22-35/h2-10,27-29H,11-24H2,1H3,(H,36,43)(H3,37,38,39,40,41,42). The number of hydrogen-bond donors (Lipinski definition) is 4. The summed E-state index contributed by atoms with van der Waals surface area (Å²) in [5, 5.41) is 13.2. The molecule has 4 saturated carbocycles. The quantitative estimate of drug-likeness (QED) is 0.150. The Morgan fingerprint density at radius 3 is 1.96 bits per heavy atom. The predicted molar refractivity (Wildman–Crippen MR) is 176 cm³/mol. The zero-order valence-electron chi connectivity index (χ0n) is 26.4. The van der Waals surface area contributed by atoms with Crippen LogP contribution in [0.4, 0.5) is 17.8 Å². The molecule has 4 fully saturated rings. The predicted octanol–water partition coefficient (Wildman–Crippen LogP) is 5.30. The molecule has 1 amide bonds. The van der Waals surface area contributed by atoms with Gasteiger partial charge in [-0.05, 0) is 86.3 Å². The van der Waals surface area contributed by atoms with Crippen LogP contribution in [0.25, 0.3) is 0 Å². The van der Waals surface area contributed by atoms with E-state index in [-0.39, 0.29) is 5.91 Å². The first kappa shape index (κ1) is 31.2. The van der Waals surface area contributed by atoms with E-state index in [0.717, 1.165) is 24.3 Å². The highest BCUT2D eigenvalue weighted by Crippen LogP contribution is 2.59. The molecule has 7 rings (SSSR count). The zero-order valence-corrected chi connectivity index (χ0v) is 26.4. The van der Waals surface area contributed by atoms with Gasteiger partial charge in [0.25, 0.3) is 5.91 Å². The zero-order chi connectivity index (χ0) is 30.9. The van der Waals surface area contributed by atoms with Crippen LogP contribution in [-0.2, 0) is 16.0 Å². The number of benzene rings is 2. The fourth-order valence-corrected chi connectivity index (χ4v) is 7.76. The maximum absolute atomic E-state index is 12.1. The Labute approximate surface area is 266 Å². The second-order valence-corrected chi connectivity index (χ2v) is 13.2. The SMILES string of the molecule is Cc1ccc(CNc2nc(NCCOCCOCCNC(=O)c3ccccc3)nc(NCC34CC5CC(CC(C5)C3)C4)n2)cc1. The van der Waals surface area contributed by atoms with Crippen molar-refractivity contribution in [1.82, 2.24) is 20.3 Å². The molecule has 10 heteroatoms. The number of nitrogens with one attached hydrogen (secondary N) is 4. The Kier molecular flexibility index (Phi) is 10.4. The van der Waals surface area contributed by atoms with Gasteiger partial charge in [-0.1, -0.05) is 48.0 Å². The van der Waals surface area contributed by atoms with Crippen molar-refractivity contribution in [2.75, 3.05) is 62.0 Å². The Hall–Kier alpha value is -3.76. The molecule has 0 saturated heterocycles. The molecule has 4 bridgehead atoms. The molecule has 0 spiro atoms. The highest BCUT2D eigenvalue weighted by Gasteiger charge is 2.50. The number of nitrogens with zero attached hydrogens (tertiary/aromatic N) is 3. The van der Waals surface area contributed by atoms with Gasteiger partial charge in [-0.3, -0.25) is 4.79 Å². The highest BCUT2D eigenvalue weighted by atomic mass is 16.5. The topological polar surface area (TPSA) is 122 Å². The van der Waals surface area contributed by atoms with Crippen LogP contribution in [-0.4, -0.2) is 66.9 Å². The molecule has 3 aromatic rings. The van der Waals surface area contributed by atoms with Crippen molar-refractivity contribution in [2.45, 2.75) is 52.0 Å².